The second-order valence-corrected chi connectivity index (χ2v) is 8.06. The van der Waals surface area contributed by atoms with E-state index in [9.17, 15) is 31.5 Å². The zero-order valence-corrected chi connectivity index (χ0v) is 16.0. The summed E-state index contributed by atoms with van der Waals surface area (Å²) in [6.45, 7) is 2.73. The summed E-state index contributed by atoms with van der Waals surface area (Å²) in [4.78, 5) is 16.1. The molecule has 1 amide bonds. The van der Waals surface area contributed by atoms with Crippen LogP contribution < -0.4 is 9.62 Å². The molecule has 156 valence electrons. The van der Waals surface area contributed by atoms with Gasteiger partial charge in [-0.15, -0.1) is 0 Å². The van der Waals surface area contributed by atoms with Gasteiger partial charge in [0.15, 0.2) is 5.82 Å². The number of pyridine rings is 1. The van der Waals surface area contributed by atoms with E-state index in [0.29, 0.717) is 10.5 Å². The molecule has 0 bridgehead atoms. The number of cyclic esters (lactones) is 1. The van der Waals surface area contributed by atoms with Crippen LogP contribution in [0.1, 0.15) is 12.5 Å². The average molecular weight is 431 g/mol. The van der Waals surface area contributed by atoms with Crippen LogP contribution in [0.3, 0.4) is 0 Å². The Balaban J connectivity index is 2.00. The molecule has 2 N–H and O–H groups in total. The average Bonchev–Trinajstić information content (AvgIpc) is 2.92. The van der Waals surface area contributed by atoms with Crippen LogP contribution in [0.15, 0.2) is 41.4 Å². The van der Waals surface area contributed by atoms with Crippen molar-refractivity contribution in [3.05, 3.63) is 42.1 Å². The third-order valence-corrected chi connectivity index (χ3v) is 5.65. The van der Waals surface area contributed by atoms with E-state index < -0.39 is 45.1 Å². The molecule has 2 atom stereocenters. The highest BCUT2D eigenvalue weighted by Crippen LogP contribution is 2.38. The Morgan fingerprint density at radius 2 is 1.97 bits per heavy atom. The smallest absolute Gasteiger partial charge is 0.427 e. The first-order valence-electron chi connectivity index (χ1n) is 8.26. The van der Waals surface area contributed by atoms with Crippen molar-refractivity contribution in [3.8, 4) is 5.75 Å². The molecule has 29 heavy (non-hydrogen) atoms. The summed E-state index contributed by atoms with van der Waals surface area (Å²) in [5.74, 6) is -0.868. The molecule has 0 spiro atoms. The van der Waals surface area contributed by atoms with Crippen molar-refractivity contribution in [2.75, 3.05) is 9.62 Å². The largest absolute Gasteiger partial charge is 0.507 e. The summed E-state index contributed by atoms with van der Waals surface area (Å²) in [5, 5.41) is 9.89. The van der Waals surface area contributed by atoms with Gasteiger partial charge in [-0.25, -0.2) is 18.2 Å². The van der Waals surface area contributed by atoms with Gasteiger partial charge < -0.3 is 9.84 Å². The maximum absolute atomic E-state index is 13.1. The van der Waals surface area contributed by atoms with E-state index in [1.807, 2.05) is 0 Å². The van der Waals surface area contributed by atoms with Crippen molar-refractivity contribution in [1.29, 1.82) is 0 Å². The van der Waals surface area contributed by atoms with E-state index in [4.69, 9.17) is 0 Å². The molecule has 0 saturated carbocycles. The number of sulfonamides is 1. The monoisotopic (exact) mass is 431 g/mol. The van der Waals surface area contributed by atoms with E-state index in [-0.39, 0.29) is 11.5 Å². The Hall–Kier alpha value is -3.02. The summed E-state index contributed by atoms with van der Waals surface area (Å²) < 4.78 is 71.3. The van der Waals surface area contributed by atoms with Crippen molar-refractivity contribution in [1.82, 2.24) is 4.98 Å². The number of nitrogens with one attached hydrogen (secondary N) is 1. The van der Waals surface area contributed by atoms with Crippen LogP contribution in [-0.4, -0.2) is 42.9 Å². The number of rotatable bonds is 4. The molecule has 2 heterocycles. The minimum absolute atomic E-state index is 0.250. The van der Waals surface area contributed by atoms with E-state index >= 15 is 0 Å². The lowest BCUT2D eigenvalue weighted by molar-refractivity contribution is -0.198. The first-order valence-corrected chi connectivity index (χ1v) is 9.74. The molecule has 2 aromatic rings. The zero-order valence-electron chi connectivity index (χ0n) is 15.1. The Labute approximate surface area is 164 Å². The Morgan fingerprint density at radius 3 is 2.59 bits per heavy atom. The Kier molecular flexibility index (Phi) is 5.07. The number of phenols is 1. The minimum atomic E-state index is -4.80. The number of hydrogen-bond donors (Lipinski definition) is 2. The molecule has 1 fully saturated rings. The number of carbonyl (C=O) groups is 1. The molecule has 1 aromatic heterocycles. The van der Waals surface area contributed by atoms with Crippen LogP contribution in [0, 0.1) is 6.92 Å². The zero-order chi connectivity index (χ0) is 21.6. The van der Waals surface area contributed by atoms with Crippen molar-refractivity contribution in [3.63, 3.8) is 0 Å². The number of phenolic OH excluding ortho intramolecular Hbond substituents is 1. The highest BCUT2D eigenvalue weighted by Gasteiger charge is 2.55. The first-order chi connectivity index (χ1) is 13.4. The van der Waals surface area contributed by atoms with Crippen molar-refractivity contribution >= 4 is 27.6 Å². The molecule has 1 aliphatic rings. The SMILES string of the molecule is Cc1ccc(O)c(S(=O)(=O)Nc2cccnc2N2C(=O)O[C@@H](C(F)(F)F)[C@H]2C)c1. The standard InChI is InChI=1S/C17H16F3N3O5S/c1-9-5-6-12(24)13(8-9)29(26,27)22-11-4-3-7-21-15(11)23-10(2)14(17(18,19)20)28-16(23)25/h3-8,10,14,22,24H,1-2H3/t10-,14-/m1/s1. The number of benzene rings is 1. The van der Waals surface area contributed by atoms with Gasteiger partial charge in [0.25, 0.3) is 10.0 Å². The van der Waals surface area contributed by atoms with Crippen LogP contribution in [0.25, 0.3) is 0 Å². The third-order valence-electron chi connectivity index (χ3n) is 4.26. The van der Waals surface area contributed by atoms with Crippen LogP contribution in [0.4, 0.5) is 29.5 Å². The fourth-order valence-corrected chi connectivity index (χ4v) is 4.13. The molecule has 3 rings (SSSR count). The molecule has 1 aromatic carbocycles. The van der Waals surface area contributed by atoms with E-state index in [0.717, 1.165) is 6.92 Å². The topological polar surface area (TPSA) is 109 Å². The Morgan fingerprint density at radius 1 is 1.28 bits per heavy atom. The second kappa shape index (κ2) is 7.10. The van der Waals surface area contributed by atoms with Gasteiger partial charge >= 0.3 is 12.3 Å². The molecule has 0 unspecified atom stereocenters. The van der Waals surface area contributed by atoms with E-state index in [2.05, 4.69) is 14.4 Å². The summed E-state index contributed by atoms with van der Waals surface area (Å²) in [7, 11) is -4.34. The molecular weight excluding hydrogens is 415 g/mol. The number of nitrogens with zero attached hydrogens (tertiary/aromatic N) is 2. The van der Waals surface area contributed by atoms with Gasteiger partial charge in [-0.05, 0) is 43.7 Å². The quantitative estimate of drug-likeness (QED) is 0.770. The van der Waals surface area contributed by atoms with Crippen molar-refractivity contribution in [2.24, 2.45) is 0 Å². The predicted molar refractivity (Wildman–Crippen MR) is 96.2 cm³/mol. The van der Waals surface area contributed by atoms with Gasteiger partial charge in [-0.3, -0.25) is 9.62 Å². The fraction of sp³-hybridized carbons (Fsp3) is 0.294. The minimum Gasteiger partial charge on any atom is -0.507 e. The summed E-state index contributed by atoms with van der Waals surface area (Å²) in [6.07, 6.45) is -7.30. The number of aromatic nitrogens is 1. The molecule has 0 aliphatic carbocycles. The predicted octanol–water partition coefficient (Wildman–Crippen LogP) is 3.17. The van der Waals surface area contributed by atoms with Crippen LogP contribution in [0.2, 0.25) is 0 Å². The molecule has 1 saturated heterocycles. The molecule has 8 nitrogen and oxygen atoms in total. The summed E-state index contributed by atoms with van der Waals surface area (Å²) >= 11 is 0. The number of aryl methyl sites for hydroxylation is 1. The second-order valence-electron chi connectivity index (χ2n) is 6.41. The van der Waals surface area contributed by atoms with Crippen LogP contribution in [-0.2, 0) is 14.8 Å². The molecule has 1 aliphatic heterocycles. The maximum Gasteiger partial charge on any atom is 0.427 e. The summed E-state index contributed by atoms with van der Waals surface area (Å²) in [6, 6.07) is 5.01. The number of halogens is 3. The molecule has 0 radical (unpaired) electrons. The van der Waals surface area contributed by atoms with Gasteiger partial charge in [0.1, 0.15) is 10.6 Å². The van der Waals surface area contributed by atoms with Crippen molar-refractivity contribution in [2.45, 2.75) is 37.1 Å². The van der Waals surface area contributed by atoms with E-state index in [1.54, 1.807) is 6.92 Å². The number of ether oxygens (including phenoxy) is 1. The highest BCUT2D eigenvalue weighted by atomic mass is 32.2. The van der Waals surface area contributed by atoms with Gasteiger partial charge in [0, 0.05) is 6.20 Å². The molecular formula is C17H16F3N3O5S. The lowest BCUT2D eigenvalue weighted by atomic mass is 10.1. The van der Waals surface area contributed by atoms with Crippen molar-refractivity contribution < 1.29 is 36.2 Å². The van der Waals surface area contributed by atoms with E-state index in [1.165, 1.54) is 36.5 Å². The van der Waals surface area contributed by atoms with Gasteiger partial charge in [-0.2, -0.15) is 13.2 Å². The van der Waals surface area contributed by atoms with Gasteiger partial charge in [-0.1, -0.05) is 6.07 Å². The van der Waals surface area contributed by atoms with Gasteiger partial charge in [0.2, 0.25) is 6.10 Å². The number of anilines is 2. The third kappa shape index (κ3) is 3.92. The van der Waals surface area contributed by atoms with Crippen LogP contribution >= 0.6 is 0 Å². The number of aromatic hydroxyl groups is 1. The lowest BCUT2D eigenvalue weighted by Crippen LogP contribution is -2.41. The number of amides is 1. The highest BCUT2D eigenvalue weighted by molar-refractivity contribution is 7.92. The molecule has 12 heteroatoms. The van der Waals surface area contributed by atoms with Crippen LogP contribution in [0.5, 0.6) is 5.75 Å². The number of carbonyl (C=O) groups excluding carboxylic acids is 1. The maximum atomic E-state index is 13.1. The first kappa shape index (κ1) is 20.7. The Bertz CT molecular complexity index is 1060. The normalized spacial score (nSPS) is 19.9. The fourth-order valence-electron chi connectivity index (χ4n) is 2.89. The number of hydrogen-bond acceptors (Lipinski definition) is 6. The summed E-state index contributed by atoms with van der Waals surface area (Å²) in [5.41, 5.74) is 0.305. The van der Waals surface area contributed by atoms with Gasteiger partial charge in [0.05, 0.1) is 11.7 Å². The lowest BCUT2D eigenvalue weighted by Gasteiger charge is -2.23. The number of alkyl halides is 3.